The molecule has 0 aromatic carbocycles. The summed E-state index contributed by atoms with van der Waals surface area (Å²) in [5.74, 6) is -3.06. The van der Waals surface area contributed by atoms with Crippen LogP contribution in [0.1, 0.15) is 34.6 Å². The highest BCUT2D eigenvalue weighted by atomic mass is 32.1. The minimum atomic E-state index is -1.37. The molecule has 1 aliphatic heterocycles. The van der Waals surface area contributed by atoms with Gasteiger partial charge in [0.25, 0.3) is 0 Å². The quantitative estimate of drug-likeness (QED) is 0.528. The molecule has 1 aromatic rings. The summed E-state index contributed by atoms with van der Waals surface area (Å²) in [4.78, 5) is 37.3. The number of ether oxygens (including phenoxy) is 1. The van der Waals surface area contributed by atoms with Crippen LogP contribution in [-0.4, -0.2) is 50.6 Å². The molecular weight excluding hydrogens is 346 g/mol. The number of rotatable bonds is 5. The number of hydrogen-bond acceptors (Lipinski definition) is 6. The van der Waals surface area contributed by atoms with Gasteiger partial charge < -0.3 is 30.2 Å². The van der Waals surface area contributed by atoms with Gasteiger partial charge in [-0.15, -0.1) is 11.3 Å². The number of nitrogens with one attached hydrogen (secondary N) is 3. The Bertz CT molecular complexity index is 696. The summed E-state index contributed by atoms with van der Waals surface area (Å²) >= 11 is 1.10. The molecule has 1 aliphatic rings. The maximum atomic E-state index is 12.0. The van der Waals surface area contributed by atoms with E-state index in [9.17, 15) is 19.5 Å². The van der Waals surface area contributed by atoms with Gasteiger partial charge in [0.05, 0.1) is 45.4 Å². The second-order valence-electron chi connectivity index (χ2n) is 6.89. The topological polar surface area (TPSA) is 112 Å². The standard InChI is InChI=1S/C16H23N3O5S/c1-16(2)7-9-10(8-24-16)25-14(11(9)15(22)23)18-13(21)12(20)17-5-6-19(3)4/h5-8H2,1-4H3,(H,17,20)(H,18,21)(H,22,23). The summed E-state index contributed by atoms with van der Waals surface area (Å²) in [5.41, 5.74) is 0.0502. The molecule has 1 aromatic heterocycles. The smallest absolute Gasteiger partial charge is 0.314 e. The van der Waals surface area contributed by atoms with Gasteiger partial charge in [0.15, 0.2) is 0 Å². The molecule has 25 heavy (non-hydrogen) atoms. The third-order valence-corrected chi connectivity index (χ3v) is 4.96. The minimum Gasteiger partial charge on any atom is -0.545 e. The van der Waals surface area contributed by atoms with E-state index in [1.165, 1.54) is 0 Å². The van der Waals surface area contributed by atoms with Crippen molar-refractivity contribution in [2.75, 3.05) is 32.5 Å². The van der Waals surface area contributed by atoms with Crippen LogP contribution in [0.15, 0.2) is 0 Å². The zero-order valence-corrected chi connectivity index (χ0v) is 15.6. The van der Waals surface area contributed by atoms with E-state index in [4.69, 9.17) is 4.74 Å². The number of fused-ring (bicyclic) bond motifs is 1. The van der Waals surface area contributed by atoms with Gasteiger partial charge in [-0.1, -0.05) is 0 Å². The van der Waals surface area contributed by atoms with E-state index in [2.05, 4.69) is 10.6 Å². The molecule has 0 fully saturated rings. The number of hydrogen-bond donors (Lipinski definition) is 3. The normalized spacial score (nSPS) is 15.6. The van der Waals surface area contributed by atoms with Gasteiger partial charge in [-0.25, -0.2) is 0 Å². The van der Waals surface area contributed by atoms with Gasteiger partial charge >= 0.3 is 11.8 Å². The molecule has 2 heterocycles. The van der Waals surface area contributed by atoms with Crippen LogP contribution in [-0.2, 0) is 27.4 Å². The Hall–Kier alpha value is -1.97. The first-order valence-corrected chi connectivity index (χ1v) is 8.80. The van der Waals surface area contributed by atoms with Crippen molar-refractivity contribution in [3.05, 3.63) is 16.0 Å². The zero-order valence-electron chi connectivity index (χ0n) is 14.8. The predicted octanol–water partition coefficient (Wildman–Crippen LogP) is -1.84. The fraction of sp³-hybridized carbons (Fsp3) is 0.562. The van der Waals surface area contributed by atoms with Crippen LogP contribution in [0.3, 0.4) is 0 Å². The molecule has 138 valence electrons. The van der Waals surface area contributed by atoms with Crippen LogP contribution in [0.4, 0.5) is 5.00 Å². The van der Waals surface area contributed by atoms with Crippen LogP contribution < -0.4 is 20.6 Å². The lowest BCUT2D eigenvalue weighted by atomic mass is 9.93. The molecule has 0 bridgehead atoms. The first kappa shape index (κ1) is 19.4. The largest absolute Gasteiger partial charge is 0.545 e. The van der Waals surface area contributed by atoms with E-state index < -0.39 is 23.4 Å². The maximum absolute atomic E-state index is 12.0. The number of anilines is 1. The lowest BCUT2D eigenvalue weighted by Gasteiger charge is -2.30. The summed E-state index contributed by atoms with van der Waals surface area (Å²) in [6.07, 6.45) is 0.399. The van der Waals surface area contributed by atoms with Crippen molar-refractivity contribution >= 4 is 34.1 Å². The fourth-order valence-corrected chi connectivity index (χ4v) is 3.64. The third kappa shape index (κ3) is 4.77. The first-order valence-electron chi connectivity index (χ1n) is 7.99. The van der Waals surface area contributed by atoms with E-state index in [0.717, 1.165) is 21.1 Å². The van der Waals surface area contributed by atoms with Gasteiger partial charge in [-0.3, -0.25) is 9.59 Å². The molecule has 9 heteroatoms. The molecule has 0 atom stereocenters. The van der Waals surface area contributed by atoms with Gasteiger partial charge in [0.2, 0.25) is 0 Å². The summed E-state index contributed by atoms with van der Waals surface area (Å²) < 4.78 is 5.67. The van der Waals surface area contributed by atoms with E-state index in [-0.39, 0.29) is 17.2 Å². The number of carboxylic acids is 1. The minimum absolute atomic E-state index is 0.0599. The van der Waals surface area contributed by atoms with Crippen molar-refractivity contribution in [3.8, 4) is 0 Å². The van der Waals surface area contributed by atoms with Crippen molar-refractivity contribution in [3.63, 3.8) is 0 Å². The van der Waals surface area contributed by atoms with Crippen molar-refractivity contribution in [2.24, 2.45) is 0 Å². The average Bonchev–Trinajstić information content (AvgIpc) is 2.82. The maximum Gasteiger partial charge on any atom is 0.314 e. The monoisotopic (exact) mass is 369 g/mol. The van der Waals surface area contributed by atoms with Crippen molar-refractivity contribution < 1.29 is 29.1 Å². The van der Waals surface area contributed by atoms with Crippen LogP contribution >= 0.6 is 11.3 Å². The lowest BCUT2D eigenvalue weighted by Crippen LogP contribution is -3.06. The Balaban J connectivity index is 2.14. The predicted molar refractivity (Wildman–Crippen MR) is 90.5 cm³/mol. The summed E-state index contributed by atoms with van der Waals surface area (Å²) in [6.45, 7) is 5.02. The molecule has 2 amide bonds. The Morgan fingerprint density at radius 2 is 1.96 bits per heavy atom. The average molecular weight is 369 g/mol. The van der Waals surface area contributed by atoms with Gasteiger partial charge in [0.1, 0.15) is 5.00 Å². The molecular formula is C16H23N3O5S. The van der Waals surface area contributed by atoms with Crippen LogP contribution in [0, 0.1) is 0 Å². The number of carbonyl (C=O) groups excluding carboxylic acids is 3. The molecule has 0 radical (unpaired) electrons. The summed E-state index contributed by atoms with van der Waals surface area (Å²) in [6, 6.07) is 0. The highest BCUT2D eigenvalue weighted by molar-refractivity contribution is 7.17. The number of aromatic carboxylic acids is 1. The van der Waals surface area contributed by atoms with E-state index in [1.807, 2.05) is 27.9 Å². The molecule has 0 aliphatic carbocycles. The molecule has 0 saturated carbocycles. The van der Waals surface area contributed by atoms with Gasteiger partial charge in [-0.05, 0) is 19.4 Å². The zero-order chi connectivity index (χ0) is 18.8. The van der Waals surface area contributed by atoms with Crippen LogP contribution in [0.5, 0.6) is 0 Å². The summed E-state index contributed by atoms with van der Waals surface area (Å²) in [7, 11) is 3.86. The van der Waals surface area contributed by atoms with Gasteiger partial charge in [0, 0.05) is 16.9 Å². The molecule has 0 spiro atoms. The number of amides is 2. The van der Waals surface area contributed by atoms with Crippen molar-refractivity contribution in [1.82, 2.24) is 5.32 Å². The second kappa shape index (κ2) is 7.51. The number of carbonyl (C=O) groups is 3. The SMILES string of the molecule is C[NH+](C)CCNC(=O)C(=O)Nc1sc2c(c1C(=O)[O-])CC(C)(C)OC2. The first-order chi connectivity index (χ1) is 11.6. The van der Waals surface area contributed by atoms with Crippen molar-refractivity contribution in [2.45, 2.75) is 32.5 Å². The van der Waals surface area contributed by atoms with Crippen LogP contribution in [0.2, 0.25) is 0 Å². The molecule has 3 N–H and O–H groups in total. The van der Waals surface area contributed by atoms with Gasteiger partial charge in [-0.2, -0.15) is 0 Å². The van der Waals surface area contributed by atoms with Crippen molar-refractivity contribution in [1.29, 1.82) is 0 Å². The molecule has 0 unspecified atom stereocenters. The van der Waals surface area contributed by atoms with E-state index >= 15 is 0 Å². The number of quaternary nitrogens is 1. The van der Waals surface area contributed by atoms with E-state index in [0.29, 0.717) is 25.1 Å². The molecule has 2 rings (SSSR count). The number of likely N-dealkylation sites (N-methyl/N-ethyl adjacent to an activating group) is 1. The third-order valence-electron chi connectivity index (χ3n) is 3.84. The Kier molecular flexibility index (Phi) is 5.81. The lowest BCUT2D eigenvalue weighted by molar-refractivity contribution is -0.856. The van der Waals surface area contributed by atoms with Crippen LogP contribution in [0.25, 0.3) is 0 Å². The molecule has 0 saturated heterocycles. The molecule has 8 nitrogen and oxygen atoms in total. The Morgan fingerprint density at radius 1 is 1.28 bits per heavy atom. The fourth-order valence-electron chi connectivity index (χ4n) is 2.52. The summed E-state index contributed by atoms with van der Waals surface area (Å²) in [5, 5.41) is 16.6. The Morgan fingerprint density at radius 3 is 2.56 bits per heavy atom. The number of thiophene rings is 1. The Labute approximate surface area is 150 Å². The highest BCUT2D eigenvalue weighted by Crippen LogP contribution is 2.40. The highest BCUT2D eigenvalue weighted by Gasteiger charge is 2.32. The van der Waals surface area contributed by atoms with E-state index in [1.54, 1.807) is 0 Å². The number of carboxylic acid groups (broad SMARTS) is 1. The second-order valence-corrected chi connectivity index (χ2v) is 7.99.